The third-order valence-corrected chi connectivity index (χ3v) is 0.989. The summed E-state index contributed by atoms with van der Waals surface area (Å²) in [4.78, 5) is 0. The van der Waals surface area contributed by atoms with Gasteiger partial charge in [-0.15, -0.1) is 0 Å². The Labute approximate surface area is 55.7 Å². The molecule has 0 fully saturated rings. The molecule has 9 heavy (non-hydrogen) atoms. The predicted octanol–water partition coefficient (Wildman–Crippen LogP) is 1.52. The zero-order valence-electron chi connectivity index (χ0n) is 6.13. The third-order valence-electron chi connectivity index (χ3n) is 0.989. The van der Waals surface area contributed by atoms with Crippen molar-refractivity contribution in [1.82, 2.24) is 0 Å². The van der Waals surface area contributed by atoms with Gasteiger partial charge in [0.15, 0.2) is 0 Å². The van der Waals surface area contributed by atoms with E-state index in [0.29, 0.717) is 5.92 Å². The van der Waals surface area contributed by atoms with Crippen LogP contribution in [0.25, 0.3) is 0 Å². The van der Waals surface area contributed by atoms with Crippen LogP contribution in [-0.4, -0.2) is 7.05 Å². The first kappa shape index (κ1) is 8.14. The molecule has 3 heteroatoms. The zero-order valence-corrected chi connectivity index (χ0v) is 6.13. The molecule has 0 aliphatic carbocycles. The molecule has 0 bridgehead atoms. The standard InChI is InChI=1S/C6H13N3/c1-5(2)6(7)4-9-8-3/h4-5H,7H2,1-3H3/b6-4-,9-8-. The van der Waals surface area contributed by atoms with Gasteiger partial charge in [-0.2, -0.15) is 10.2 Å². The summed E-state index contributed by atoms with van der Waals surface area (Å²) in [5.41, 5.74) is 6.27. The Hall–Kier alpha value is -0.860. The van der Waals surface area contributed by atoms with Crippen LogP contribution in [0.1, 0.15) is 13.8 Å². The summed E-state index contributed by atoms with van der Waals surface area (Å²) in [6, 6.07) is 0. The van der Waals surface area contributed by atoms with E-state index in [9.17, 15) is 0 Å². The van der Waals surface area contributed by atoms with Gasteiger partial charge in [0.1, 0.15) is 0 Å². The Morgan fingerprint density at radius 2 is 2.11 bits per heavy atom. The number of hydrogen-bond donors (Lipinski definition) is 1. The number of azo groups is 1. The highest BCUT2D eigenvalue weighted by molar-refractivity contribution is 4.96. The second kappa shape index (κ2) is 4.06. The fraction of sp³-hybridized carbons (Fsp3) is 0.667. The maximum atomic E-state index is 5.51. The summed E-state index contributed by atoms with van der Waals surface area (Å²) in [6.07, 6.45) is 1.57. The average Bonchev–Trinajstić information content (AvgIpc) is 1.82. The number of nitrogens with zero attached hydrogens (tertiary/aromatic N) is 2. The monoisotopic (exact) mass is 127 g/mol. The van der Waals surface area contributed by atoms with Gasteiger partial charge in [-0.3, -0.25) is 0 Å². The molecule has 0 aliphatic rings. The smallest absolute Gasteiger partial charge is 0.0681 e. The van der Waals surface area contributed by atoms with E-state index in [1.807, 2.05) is 13.8 Å². The van der Waals surface area contributed by atoms with E-state index in [4.69, 9.17) is 5.73 Å². The van der Waals surface area contributed by atoms with Gasteiger partial charge >= 0.3 is 0 Å². The van der Waals surface area contributed by atoms with E-state index in [-0.39, 0.29) is 0 Å². The van der Waals surface area contributed by atoms with Gasteiger partial charge in [-0.25, -0.2) is 0 Å². The molecule has 0 aromatic heterocycles. The van der Waals surface area contributed by atoms with Crippen LogP contribution in [0.15, 0.2) is 22.1 Å². The minimum absolute atomic E-state index is 0.357. The molecule has 0 spiro atoms. The lowest BCUT2D eigenvalue weighted by Crippen LogP contribution is -2.03. The Morgan fingerprint density at radius 1 is 1.56 bits per heavy atom. The van der Waals surface area contributed by atoms with Gasteiger partial charge in [0, 0.05) is 12.7 Å². The molecule has 0 atom stereocenters. The predicted molar refractivity (Wildman–Crippen MR) is 37.9 cm³/mol. The number of allylic oxidation sites excluding steroid dienone is 1. The summed E-state index contributed by atoms with van der Waals surface area (Å²) in [6.45, 7) is 4.02. The molecular weight excluding hydrogens is 114 g/mol. The lowest BCUT2D eigenvalue weighted by molar-refractivity contribution is 0.751. The van der Waals surface area contributed by atoms with E-state index >= 15 is 0 Å². The van der Waals surface area contributed by atoms with Crippen molar-refractivity contribution in [3.8, 4) is 0 Å². The number of hydrogen-bond acceptors (Lipinski definition) is 3. The Morgan fingerprint density at radius 3 is 2.44 bits per heavy atom. The van der Waals surface area contributed by atoms with E-state index in [2.05, 4.69) is 10.2 Å². The van der Waals surface area contributed by atoms with Crippen molar-refractivity contribution >= 4 is 0 Å². The largest absolute Gasteiger partial charge is 0.401 e. The van der Waals surface area contributed by atoms with Crippen molar-refractivity contribution in [3.63, 3.8) is 0 Å². The van der Waals surface area contributed by atoms with E-state index in [1.165, 1.54) is 0 Å². The molecule has 0 aromatic carbocycles. The van der Waals surface area contributed by atoms with Crippen LogP contribution in [-0.2, 0) is 0 Å². The quantitative estimate of drug-likeness (QED) is 0.562. The second-order valence-corrected chi connectivity index (χ2v) is 2.10. The SMILES string of the molecule is C/N=N\C=C(/N)C(C)C. The second-order valence-electron chi connectivity index (χ2n) is 2.10. The summed E-state index contributed by atoms with van der Waals surface area (Å²) >= 11 is 0. The van der Waals surface area contributed by atoms with Gasteiger partial charge < -0.3 is 5.73 Å². The highest BCUT2D eigenvalue weighted by Crippen LogP contribution is 2.00. The molecule has 2 N–H and O–H groups in total. The van der Waals surface area contributed by atoms with E-state index in [1.54, 1.807) is 13.2 Å². The molecule has 0 unspecified atom stereocenters. The van der Waals surface area contributed by atoms with Gasteiger partial charge in [0.2, 0.25) is 0 Å². The summed E-state index contributed by atoms with van der Waals surface area (Å²) in [5, 5.41) is 7.16. The first-order valence-electron chi connectivity index (χ1n) is 2.93. The van der Waals surface area contributed by atoms with Crippen LogP contribution >= 0.6 is 0 Å². The Bertz CT molecular complexity index is 124. The fourth-order valence-corrected chi connectivity index (χ4v) is 0.273. The van der Waals surface area contributed by atoms with Crippen LogP contribution in [0.5, 0.6) is 0 Å². The lowest BCUT2D eigenvalue weighted by Gasteiger charge is -2.00. The van der Waals surface area contributed by atoms with Gasteiger partial charge in [-0.05, 0) is 5.92 Å². The molecule has 3 nitrogen and oxygen atoms in total. The first-order chi connectivity index (χ1) is 4.18. The molecule has 0 saturated carbocycles. The van der Waals surface area contributed by atoms with Crippen molar-refractivity contribution in [1.29, 1.82) is 0 Å². The Kier molecular flexibility index (Phi) is 3.67. The number of rotatable bonds is 2. The van der Waals surface area contributed by atoms with Crippen LogP contribution in [0.4, 0.5) is 0 Å². The summed E-state index contributed by atoms with van der Waals surface area (Å²) in [7, 11) is 1.62. The van der Waals surface area contributed by atoms with E-state index in [0.717, 1.165) is 5.70 Å². The molecule has 0 aliphatic heterocycles. The van der Waals surface area contributed by atoms with Crippen LogP contribution in [0.3, 0.4) is 0 Å². The molecule has 0 amide bonds. The topological polar surface area (TPSA) is 50.7 Å². The van der Waals surface area contributed by atoms with Crippen LogP contribution in [0.2, 0.25) is 0 Å². The van der Waals surface area contributed by atoms with Crippen molar-refractivity contribution in [2.45, 2.75) is 13.8 Å². The Balaban J connectivity index is 3.84. The molecule has 0 rings (SSSR count). The number of nitrogens with two attached hydrogens (primary N) is 1. The summed E-state index contributed by atoms with van der Waals surface area (Å²) < 4.78 is 0. The minimum atomic E-state index is 0.357. The van der Waals surface area contributed by atoms with Crippen molar-refractivity contribution in [2.75, 3.05) is 7.05 Å². The highest BCUT2D eigenvalue weighted by Gasteiger charge is 1.93. The van der Waals surface area contributed by atoms with Gasteiger partial charge in [0.25, 0.3) is 0 Å². The molecule has 0 heterocycles. The van der Waals surface area contributed by atoms with Crippen LogP contribution < -0.4 is 5.73 Å². The minimum Gasteiger partial charge on any atom is -0.401 e. The normalized spacial score (nSPS) is 13.6. The highest BCUT2D eigenvalue weighted by atomic mass is 15.1. The van der Waals surface area contributed by atoms with Crippen molar-refractivity contribution in [3.05, 3.63) is 11.9 Å². The average molecular weight is 127 g/mol. The maximum absolute atomic E-state index is 5.51. The molecule has 0 saturated heterocycles. The van der Waals surface area contributed by atoms with Crippen molar-refractivity contribution in [2.24, 2.45) is 21.9 Å². The third kappa shape index (κ3) is 3.70. The molecule has 52 valence electrons. The van der Waals surface area contributed by atoms with E-state index < -0.39 is 0 Å². The maximum Gasteiger partial charge on any atom is 0.0681 e. The van der Waals surface area contributed by atoms with Crippen LogP contribution in [0, 0.1) is 5.92 Å². The van der Waals surface area contributed by atoms with Gasteiger partial charge in [0.05, 0.1) is 6.20 Å². The fourth-order valence-electron chi connectivity index (χ4n) is 0.273. The van der Waals surface area contributed by atoms with Gasteiger partial charge in [-0.1, -0.05) is 13.8 Å². The molecular formula is C6H13N3. The lowest BCUT2D eigenvalue weighted by atomic mass is 10.2. The zero-order chi connectivity index (χ0) is 7.28. The first-order valence-corrected chi connectivity index (χ1v) is 2.93. The van der Waals surface area contributed by atoms with Crippen molar-refractivity contribution < 1.29 is 0 Å². The summed E-state index contributed by atoms with van der Waals surface area (Å²) in [5.74, 6) is 0.357. The molecule has 0 radical (unpaired) electrons. The molecule has 0 aromatic rings.